The van der Waals surface area contributed by atoms with Crippen LogP contribution in [-0.2, 0) is 4.79 Å². The molecule has 152 valence electrons. The molecule has 0 amide bonds. The Balaban J connectivity index is 0.00000136. The Morgan fingerprint density at radius 3 is 2.00 bits per heavy atom. The Kier molecular flexibility index (Phi) is 7.61. The van der Waals surface area contributed by atoms with Crippen molar-refractivity contribution in [2.24, 2.45) is 11.8 Å². The first-order valence-electron chi connectivity index (χ1n) is 9.51. The minimum Gasteiger partial charge on any atom is -0.426 e. The third-order valence-electron chi connectivity index (χ3n) is 4.80. The predicted molar refractivity (Wildman–Crippen MR) is 99.8 cm³/mol. The average Bonchev–Trinajstić information content (AvgIpc) is 2.68. The third-order valence-corrected chi connectivity index (χ3v) is 4.80. The van der Waals surface area contributed by atoms with Crippen molar-refractivity contribution in [1.29, 1.82) is 0 Å². The van der Waals surface area contributed by atoms with Crippen molar-refractivity contribution in [3.63, 3.8) is 0 Å². The van der Waals surface area contributed by atoms with Gasteiger partial charge in [0.05, 0.1) is 5.92 Å². The summed E-state index contributed by atoms with van der Waals surface area (Å²) in [4.78, 5) is 12.2. The van der Waals surface area contributed by atoms with E-state index in [0.29, 0.717) is 18.1 Å². The number of hydrogen-bond donors (Lipinski definition) is 0. The number of esters is 1. The molecule has 0 bridgehead atoms. The Bertz CT molecular complexity index is 804. The molecule has 0 N–H and O–H groups in total. The Labute approximate surface area is 162 Å². The van der Waals surface area contributed by atoms with E-state index in [0.717, 1.165) is 31.7 Å². The van der Waals surface area contributed by atoms with Crippen LogP contribution in [0.25, 0.3) is 11.1 Å². The Morgan fingerprint density at radius 1 is 0.893 bits per heavy atom. The van der Waals surface area contributed by atoms with E-state index in [-0.39, 0.29) is 22.8 Å². The maximum absolute atomic E-state index is 14.3. The van der Waals surface area contributed by atoms with E-state index in [9.17, 15) is 22.4 Å². The molecule has 3 rings (SSSR count). The van der Waals surface area contributed by atoms with Gasteiger partial charge in [0.2, 0.25) is 0 Å². The molecule has 1 fully saturated rings. The van der Waals surface area contributed by atoms with Crippen LogP contribution in [0, 0.1) is 35.1 Å². The fraction of sp³-hybridized carbons (Fsp3) is 0.409. The summed E-state index contributed by atoms with van der Waals surface area (Å²) in [6, 6.07) is 5.00. The second-order valence-electron chi connectivity index (χ2n) is 6.77. The smallest absolute Gasteiger partial charge is 0.314 e. The molecule has 6 heteroatoms. The number of benzene rings is 2. The molecular formula is C22H24F4O2. The highest BCUT2D eigenvalue weighted by atomic mass is 19.2. The van der Waals surface area contributed by atoms with Gasteiger partial charge in [-0.15, -0.1) is 0 Å². The average molecular weight is 396 g/mol. The lowest BCUT2D eigenvalue weighted by Crippen LogP contribution is -2.25. The summed E-state index contributed by atoms with van der Waals surface area (Å²) in [7, 11) is 0. The summed E-state index contributed by atoms with van der Waals surface area (Å²) in [5.41, 5.74) is -0.257. The molecule has 0 atom stereocenters. The lowest BCUT2D eigenvalue weighted by molar-refractivity contribution is -0.140. The van der Waals surface area contributed by atoms with Gasteiger partial charge in [-0.1, -0.05) is 20.8 Å². The second kappa shape index (κ2) is 9.71. The molecule has 1 aliphatic carbocycles. The summed E-state index contributed by atoms with van der Waals surface area (Å²) in [6.45, 7) is 6.14. The first-order valence-corrected chi connectivity index (χ1v) is 9.51. The van der Waals surface area contributed by atoms with Crippen LogP contribution in [0.15, 0.2) is 30.3 Å². The molecule has 2 aromatic carbocycles. The normalized spacial score (nSPS) is 18.8. The Hall–Kier alpha value is -2.37. The van der Waals surface area contributed by atoms with Gasteiger partial charge in [-0.2, -0.15) is 0 Å². The molecule has 0 radical (unpaired) electrons. The number of halogens is 4. The molecule has 0 spiro atoms. The first kappa shape index (κ1) is 21.9. The van der Waals surface area contributed by atoms with Crippen molar-refractivity contribution in [3.05, 3.63) is 53.6 Å². The number of carbonyl (C=O) groups is 1. The van der Waals surface area contributed by atoms with E-state index in [1.165, 1.54) is 12.1 Å². The van der Waals surface area contributed by atoms with Gasteiger partial charge in [-0.05, 0) is 61.4 Å². The summed E-state index contributed by atoms with van der Waals surface area (Å²) in [5.74, 6) is -5.22. The van der Waals surface area contributed by atoms with E-state index in [1.807, 2.05) is 13.8 Å². The van der Waals surface area contributed by atoms with E-state index in [1.54, 1.807) is 0 Å². The number of carbonyl (C=O) groups excluding carboxylic acids is 1. The van der Waals surface area contributed by atoms with Crippen molar-refractivity contribution in [2.45, 2.75) is 46.5 Å². The SMILES string of the molecule is CC.CC1CCC(C(=O)Oc2ccc(-c3cc(F)c(F)c(F)c3)c(F)c2)CC1. The van der Waals surface area contributed by atoms with Crippen LogP contribution in [0.4, 0.5) is 17.6 Å². The predicted octanol–water partition coefficient (Wildman–Crippen LogP) is 6.67. The molecule has 2 nitrogen and oxygen atoms in total. The lowest BCUT2D eigenvalue weighted by Gasteiger charge is -2.24. The van der Waals surface area contributed by atoms with Gasteiger partial charge in [0.1, 0.15) is 11.6 Å². The molecule has 0 unspecified atom stereocenters. The Morgan fingerprint density at radius 2 is 1.46 bits per heavy atom. The largest absolute Gasteiger partial charge is 0.426 e. The summed E-state index contributed by atoms with van der Waals surface area (Å²) < 4.78 is 59.3. The highest BCUT2D eigenvalue weighted by Crippen LogP contribution is 2.31. The van der Waals surface area contributed by atoms with E-state index in [4.69, 9.17) is 4.74 Å². The standard InChI is InChI=1S/C20H18F4O2.C2H6/c1-11-2-4-12(5-3-11)20(25)26-14-6-7-15(16(21)10-14)13-8-17(22)19(24)18(23)9-13;1-2/h6-12H,2-5H2,1H3;1-2H3. The molecule has 0 aromatic heterocycles. The van der Waals surface area contributed by atoms with Crippen LogP contribution in [0.2, 0.25) is 0 Å². The van der Waals surface area contributed by atoms with Gasteiger partial charge in [0.25, 0.3) is 0 Å². The van der Waals surface area contributed by atoms with Gasteiger partial charge >= 0.3 is 5.97 Å². The van der Waals surface area contributed by atoms with Gasteiger partial charge in [-0.3, -0.25) is 4.79 Å². The topological polar surface area (TPSA) is 26.3 Å². The highest BCUT2D eigenvalue weighted by molar-refractivity contribution is 5.75. The van der Waals surface area contributed by atoms with Crippen molar-refractivity contribution in [3.8, 4) is 16.9 Å². The molecule has 0 saturated heterocycles. The summed E-state index contributed by atoms with van der Waals surface area (Å²) in [5, 5.41) is 0. The summed E-state index contributed by atoms with van der Waals surface area (Å²) >= 11 is 0. The van der Waals surface area contributed by atoms with Crippen LogP contribution in [0.5, 0.6) is 5.75 Å². The first-order chi connectivity index (χ1) is 13.3. The number of ether oxygens (including phenoxy) is 1. The van der Waals surface area contributed by atoms with E-state index in [2.05, 4.69) is 6.92 Å². The summed E-state index contributed by atoms with van der Waals surface area (Å²) in [6.07, 6.45) is 3.40. The van der Waals surface area contributed by atoms with Crippen molar-refractivity contribution in [1.82, 2.24) is 0 Å². The fourth-order valence-electron chi connectivity index (χ4n) is 3.20. The highest BCUT2D eigenvalue weighted by Gasteiger charge is 2.26. The van der Waals surface area contributed by atoms with Crippen molar-refractivity contribution in [2.75, 3.05) is 0 Å². The van der Waals surface area contributed by atoms with Gasteiger partial charge in [0, 0.05) is 11.6 Å². The van der Waals surface area contributed by atoms with E-state index < -0.39 is 29.2 Å². The molecule has 0 aliphatic heterocycles. The monoisotopic (exact) mass is 396 g/mol. The maximum Gasteiger partial charge on any atom is 0.314 e. The van der Waals surface area contributed by atoms with Crippen LogP contribution < -0.4 is 4.74 Å². The lowest BCUT2D eigenvalue weighted by atomic mass is 9.83. The van der Waals surface area contributed by atoms with Crippen LogP contribution in [0.1, 0.15) is 46.5 Å². The zero-order chi connectivity index (χ0) is 20.8. The molecule has 0 heterocycles. The fourth-order valence-corrected chi connectivity index (χ4v) is 3.20. The molecule has 2 aromatic rings. The van der Waals surface area contributed by atoms with Crippen LogP contribution in [0.3, 0.4) is 0 Å². The van der Waals surface area contributed by atoms with Crippen LogP contribution >= 0.6 is 0 Å². The number of hydrogen-bond acceptors (Lipinski definition) is 2. The molecule has 28 heavy (non-hydrogen) atoms. The third kappa shape index (κ3) is 5.12. The maximum atomic E-state index is 14.3. The van der Waals surface area contributed by atoms with Gasteiger partial charge in [-0.25, -0.2) is 17.6 Å². The van der Waals surface area contributed by atoms with Crippen LogP contribution in [-0.4, -0.2) is 5.97 Å². The minimum absolute atomic E-state index is 0.0259. The minimum atomic E-state index is -1.61. The number of rotatable bonds is 3. The van der Waals surface area contributed by atoms with Gasteiger partial charge in [0.15, 0.2) is 17.5 Å². The van der Waals surface area contributed by atoms with E-state index >= 15 is 0 Å². The van der Waals surface area contributed by atoms with Crippen molar-refractivity contribution >= 4 is 5.97 Å². The zero-order valence-electron chi connectivity index (χ0n) is 16.2. The zero-order valence-corrected chi connectivity index (χ0v) is 16.2. The van der Waals surface area contributed by atoms with Gasteiger partial charge < -0.3 is 4.74 Å². The molecule has 1 saturated carbocycles. The molecule has 1 aliphatic rings. The quantitative estimate of drug-likeness (QED) is 0.251. The second-order valence-corrected chi connectivity index (χ2v) is 6.77. The van der Waals surface area contributed by atoms with Crippen molar-refractivity contribution < 1.29 is 27.1 Å². The molecular weight excluding hydrogens is 372 g/mol.